The van der Waals surface area contributed by atoms with Crippen molar-refractivity contribution in [1.29, 1.82) is 0 Å². The van der Waals surface area contributed by atoms with Crippen molar-refractivity contribution in [2.24, 2.45) is 0 Å². The molecule has 7 nitrogen and oxygen atoms in total. The Labute approximate surface area is 183 Å². The Morgan fingerprint density at radius 3 is 2.84 bits per heavy atom. The number of rotatable bonds is 4. The van der Waals surface area contributed by atoms with Crippen LogP contribution in [-0.2, 0) is 6.42 Å². The van der Waals surface area contributed by atoms with Gasteiger partial charge in [0, 0.05) is 24.8 Å². The number of hydrogen-bond donors (Lipinski definition) is 2. The summed E-state index contributed by atoms with van der Waals surface area (Å²) in [6.07, 6.45) is 0.995. The maximum absolute atomic E-state index is 11.4. The van der Waals surface area contributed by atoms with Crippen LogP contribution in [0.5, 0.6) is 11.8 Å². The van der Waals surface area contributed by atoms with Crippen LogP contribution in [0.2, 0.25) is 5.02 Å². The average Bonchev–Trinajstić information content (AvgIpc) is 3.30. The summed E-state index contributed by atoms with van der Waals surface area (Å²) in [7, 11) is 2.08. The van der Waals surface area contributed by atoms with E-state index < -0.39 is 5.97 Å². The summed E-state index contributed by atoms with van der Waals surface area (Å²) in [6.45, 7) is 2.74. The third kappa shape index (κ3) is 3.47. The van der Waals surface area contributed by atoms with Gasteiger partial charge >= 0.3 is 12.0 Å². The van der Waals surface area contributed by atoms with E-state index in [4.69, 9.17) is 16.3 Å². The van der Waals surface area contributed by atoms with Gasteiger partial charge in [0.2, 0.25) is 0 Å². The van der Waals surface area contributed by atoms with E-state index >= 15 is 0 Å². The van der Waals surface area contributed by atoms with Crippen molar-refractivity contribution < 1.29 is 14.6 Å². The quantitative estimate of drug-likeness (QED) is 0.466. The topological polar surface area (TPSA) is 91.3 Å². The molecule has 31 heavy (non-hydrogen) atoms. The van der Waals surface area contributed by atoms with Crippen LogP contribution in [0, 0.1) is 6.92 Å². The zero-order valence-electron chi connectivity index (χ0n) is 16.9. The van der Waals surface area contributed by atoms with Gasteiger partial charge in [-0.3, -0.25) is 0 Å². The molecule has 2 N–H and O–H groups in total. The molecule has 0 aliphatic carbocycles. The number of nitrogens with one attached hydrogen (secondary N) is 1. The predicted octanol–water partition coefficient (Wildman–Crippen LogP) is 5.07. The van der Waals surface area contributed by atoms with Crippen molar-refractivity contribution in [3.05, 3.63) is 64.2 Å². The number of carboxylic acids is 1. The van der Waals surface area contributed by atoms with Crippen LogP contribution in [0.3, 0.4) is 0 Å². The standard InChI is InChI=1S/C23H19ClN4O3/c1-12-3-5-15(10-16(12)22(29)30)31-23-25-18-11-17(24)20(26-21(18)27-23)14-4-6-19-13(9-14)7-8-28(19)2/h3-6,9-11H,7-8H2,1-2H3,(H,29,30)(H,25,26,27). The summed E-state index contributed by atoms with van der Waals surface area (Å²) >= 11 is 6.53. The lowest BCUT2D eigenvalue weighted by atomic mass is 10.1. The monoisotopic (exact) mass is 434 g/mol. The number of imidazole rings is 1. The van der Waals surface area contributed by atoms with Crippen LogP contribution in [0.25, 0.3) is 22.4 Å². The zero-order valence-corrected chi connectivity index (χ0v) is 17.7. The highest BCUT2D eigenvalue weighted by Crippen LogP contribution is 2.35. The number of carboxylic acid groups (broad SMARTS) is 1. The number of nitrogens with zero attached hydrogens (tertiary/aromatic N) is 3. The number of carbonyl (C=O) groups is 1. The van der Waals surface area contributed by atoms with E-state index in [9.17, 15) is 9.90 Å². The van der Waals surface area contributed by atoms with Crippen molar-refractivity contribution in [1.82, 2.24) is 15.0 Å². The van der Waals surface area contributed by atoms with Gasteiger partial charge < -0.3 is 19.7 Å². The first kappa shape index (κ1) is 19.4. The summed E-state index contributed by atoms with van der Waals surface area (Å²) in [5, 5.41) is 9.82. The summed E-state index contributed by atoms with van der Waals surface area (Å²) < 4.78 is 5.75. The first-order valence-electron chi connectivity index (χ1n) is 9.81. The number of benzene rings is 2. The smallest absolute Gasteiger partial charge is 0.336 e. The molecular weight excluding hydrogens is 416 g/mol. The van der Waals surface area contributed by atoms with E-state index in [0.717, 1.165) is 18.5 Å². The molecule has 1 aliphatic heterocycles. The normalized spacial score (nSPS) is 12.9. The number of hydrogen-bond acceptors (Lipinski definition) is 5. The van der Waals surface area contributed by atoms with Gasteiger partial charge in [-0.05, 0) is 54.8 Å². The van der Waals surface area contributed by atoms with E-state index in [-0.39, 0.29) is 11.6 Å². The Bertz CT molecular complexity index is 1350. The van der Waals surface area contributed by atoms with Crippen LogP contribution in [0.4, 0.5) is 5.69 Å². The Morgan fingerprint density at radius 2 is 2.03 bits per heavy atom. The number of aryl methyl sites for hydroxylation is 1. The number of halogens is 1. The van der Waals surface area contributed by atoms with E-state index in [1.54, 1.807) is 25.1 Å². The molecule has 8 heteroatoms. The van der Waals surface area contributed by atoms with Crippen LogP contribution in [-0.4, -0.2) is 39.6 Å². The number of pyridine rings is 1. The number of aromatic nitrogens is 3. The number of likely N-dealkylation sites (N-methyl/N-ethyl adjacent to an activating group) is 1. The Morgan fingerprint density at radius 1 is 1.19 bits per heavy atom. The fourth-order valence-electron chi connectivity index (χ4n) is 3.87. The third-order valence-electron chi connectivity index (χ3n) is 5.54. The molecule has 5 rings (SSSR count). The number of ether oxygens (including phenoxy) is 1. The fraction of sp³-hybridized carbons (Fsp3) is 0.174. The number of aromatic carboxylic acids is 1. The minimum absolute atomic E-state index is 0.180. The lowest BCUT2D eigenvalue weighted by Crippen LogP contribution is -2.12. The molecule has 0 fully saturated rings. The summed E-state index contributed by atoms with van der Waals surface area (Å²) in [6, 6.07) is 13.1. The molecule has 156 valence electrons. The first-order valence-corrected chi connectivity index (χ1v) is 10.2. The van der Waals surface area contributed by atoms with E-state index in [0.29, 0.717) is 33.2 Å². The van der Waals surface area contributed by atoms with Crippen LogP contribution in [0.1, 0.15) is 21.5 Å². The largest absolute Gasteiger partial charge is 0.478 e. The molecule has 0 bridgehead atoms. The molecule has 0 amide bonds. The zero-order chi connectivity index (χ0) is 21.7. The number of fused-ring (bicyclic) bond motifs is 2. The molecule has 2 aromatic heterocycles. The van der Waals surface area contributed by atoms with Crippen molar-refractivity contribution in [2.45, 2.75) is 13.3 Å². The average molecular weight is 435 g/mol. The van der Waals surface area contributed by atoms with Gasteiger partial charge in [0.05, 0.1) is 21.8 Å². The summed E-state index contributed by atoms with van der Waals surface area (Å²) in [5.41, 5.74) is 6.05. The van der Waals surface area contributed by atoms with Crippen LogP contribution < -0.4 is 9.64 Å². The number of H-pyrrole nitrogens is 1. The lowest BCUT2D eigenvalue weighted by molar-refractivity contribution is 0.0695. The first-order chi connectivity index (χ1) is 14.9. The highest BCUT2D eigenvalue weighted by atomic mass is 35.5. The molecule has 4 aromatic rings. The Kier molecular flexibility index (Phi) is 4.55. The second-order valence-corrected chi connectivity index (χ2v) is 8.04. The molecule has 0 saturated carbocycles. The summed E-state index contributed by atoms with van der Waals surface area (Å²) in [5.74, 6) is -0.637. The highest BCUT2D eigenvalue weighted by molar-refractivity contribution is 6.33. The van der Waals surface area contributed by atoms with Gasteiger partial charge in [0.1, 0.15) is 5.75 Å². The van der Waals surface area contributed by atoms with E-state index in [2.05, 4.69) is 39.0 Å². The highest BCUT2D eigenvalue weighted by Gasteiger charge is 2.18. The fourth-order valence-corrected chi connectivity index (χ4v) is 4.13. The Hall–Kier alpha value is -3.58. The van der Waals surface area contributed by atoms with Gasteiger partial charge in [0.15, 0.2) is 5.65 Å². The third-order valence-corrected chi connectivity index (χ3v) is 5.83. The molecule has 1 aliphatic rings. The van der Waals surface area contributed by atoms with Gasteiger partial charge in [-0.25, -0.2) is 9.78 Å². The maximum atomic E-state index is 11.4. The molecule has 0 spiro atoms. The van der Waals surface area contributed by atoms with Gasteiger partial charge in [-0.2, -0.15) is 4.98 Å². The second kappa shape index (κ2) is 7.28. The van der Waals surface area contributed by atoms with Crippen molar-refractivity contribution in [3.63, 3.8) is 0 Å². The minimum Gasteiger partial charge on any atom is -0.478 e. The Balaban J connectivity index is 1.49. The number of aromatic amines is 1. The molecule has 3 heterocycles. The van der Waals surface area contributed by atoms with Crippen LogP contribution in [0.15, 0.2) is 42.5 Å². The molecule has 0 unspecified atom stereocenters. The van der Waals surface area contributed by atoms with E-state index in [1.165, 1.54) is 17.3 Å². The van der Waals surface area contributed by atoms with Gasteiger partial charge in [-0.1, -0.05) is 23.7 Å². The predicted molar refractivity (Wildman–Crippen MR) is 120 cm³/mol. The number of anilines is 1. The second-order valence-electron chi connectivity index (χ2n) is 7.63. The minimum atomic E-state index is -1.01. The summed E-state index contributed by atoms with van der Waals surface area (Å²) in [4.78, 5) is 25.7. The molecule has 0 saturated heterocycles. The van der Waals surface area contributed by atoms with Crippen molar-refractivity contribution in [3.8, 4) is 23.0 Å². The van der Waals surface area contributed by atoms with Crippen LogP contribution >= 0.6 is 11.6 Å². The molecule has 0 atom stereocenters. The maximum Gasteiger partial charge on any atom is 0.336 e. The lowest BCUT2D eigenvalue weighted by Gasteiger charge is -2.12. The van der Waals surface area contributed by atoms with Crippen molar-refractivity contribution in [2.75, 3.05) is 18.5 Å². The SMILES string of the molecule is Cc1ccc(Oc2nc3nc(-c4ccc5c(c4)CCN5C)c(Cl)cc3[nH]2)cc1C(=O)O. The molecule has 2 aromatic carbocycles. The molecular formula is C23H19ClN4O3. The molecule has 0 radical (unpaired) electrons. The van der Waals surface area contributed by atoms with Gasteiger partial charge in [-0.15, -0.1) is 0 Å². The van der Waals surface area contributed by atoms with Gasteiger partial charge in [0.25, 0.3) is 0 Å². The van der Waals surface area contributed by atoms with Crippen molar-refractivity contribution >= 4 is 34.4 Å². The van der Waals surface area contributed by atoms with E-state index in [1.807, 2.05) is 6.07 Å².